The van der Waals surface area contributed by atoms with Gasteiger partial charge in [0.05, 0.1) is 0 Å². The molecule has 0 aliphatic carbocycles. The van der Waals surface area contributed by atoms with Gasteiger partial charge in [-0.3, -0.25) is 0 Å². The third kappa shape index (κ3) is 2.94. The zero-order valence-corrected chi connectivity index (χ0v) is 10.5. The number of ether oxygens (including phenoxy) is 1. The molecule has 4 heteroatoms. The second-order valence-corrected chi connectivity index (χ2v) is 4.24. The predicted molar refractivity (Wildman–Crippen MR) is 67.3 cm³/mol. The average molecular weight is 249 g/mol. The monoisotopic (exact) mass is 248 g/mol. The first kappa shape index (κ1) is 11.9. The van der Waals surface area contributed by atoms with Crippen LogP contribution in [-0.2, 0) is 6.61 Å². The van der Waals surface area contributed by atoms with Gasteiger partial charge in [0, 0.05) is 0 Å². The summed E-state index contributed by atoms with van der Waals surface area (Å²) >= 11 is 5.66. The van der Waals surface area contributed by atoms with Gasteiger partial charge in [0.1, 0.15) is 18.1 Å². The number of benzene rings is 1. The SMILES string of the molecule is Cc1cccc(C)c1OCc1ccc(Cl)nn1. The lowest BCUT2D eigenvalue weighted by atomic mass is 10.1. The van der Waals surface area contributed by atoms with Crippen LogP contribution in [0, 0.1) is 13.8 Å². The van der Waals surface area contributed by atoms with E-state index in [1.807, 2.05) is 38.1 Å². The van der Waals surface area contributed by atoms with E-state index in [1.165, 1.54) is 0 Å². The largest absolute Gasteiger partial charge is 0.487 e. The number of para-hydroxylation sites is 1. The maximum absolute atomic E-state index is 5.75. The molecule has 88 valence electrons. The van der Waals surface area contributed by atoms with Crippen molar-refractivity contribution >= 4 is 11.6 Å². The molecule has 0 aliphatic heterocycles. The number of halogens is 1. The minimum atomic E-state index is 0.390. The minimum Gasteiger partial charge on any atom is -0.487 e. The summed E-state index contributed by atoms with van der Waals surface area (Å²) in [5, 5.41) is 8.11. The molecule has 0 aliphatic rings. The molecule has 0 N–H and O–H groups in total. The summed E-state index contributed by atoms with van der Waals surface area (Å²) < 4.78 is 5.75. The maximum Gasteiger partial charge on any atom is 0.151 e. The van der Waals surface area contributed by atoms with Crippen molar-refractivity contribution in [3.05, 3.63) is 52.3 Å². The van der Waals surface area contributed by atoms with Crippen LogP contribution in [0.2, 0.25) is 5.15 Å². The highest BCUT2D eigenvalue weighted by molar-refractivity contribution is 6.29. The van der Waals surface area contributed by atoms with Gasteiger partial charge in [-0.1, -0.05) is 29.8 Å². The van der Waals surface area contributed by atoms with Crippen molar-refractivity contribution in [3.63, 3.8) is 0 Å². The van der Waals surface area contributed by atoms with Gasteiger partial charge >= 0.3 is 0 Å². The van der Waals surface area contributed by atoms with Crippen molar-refractivity contribution in [2.75, 3.05) is 0 Å². The third-order valence-electron chi connectivity index (χ3n) is 2.46. The van der Waals surface area contributed by atoms with Crippen LogP contribution in [0.15, 0.2) is 30.3 Å². The Balaban J connectivity index is 2.10. The fourth-order valence-electron chi connectivity index (χ4n) is 1.59. The first-order valence-electron chi connectivity index (χ1n) is 5.34. The molecule has 3 nitrogen and oxygen atoms in total. The van der Waals surface area contributed by atoms with Crippen LogP contribution < -0.4 is 4.74 Å². The van der Waals surface area contributed by atoms with E-state index >= 15 is 0 Å². The van der Waals surface area contributed by atoms with Gasteiger partial charge in [0.2, 0.25) is 0 Å². The van der Waals surface area contributed by atoms with Crippen molar-refractivity contribution in [2.45, 2.75) is 20.5 Å². The van der Waals surface area contributed by atoms with Crippen LogP contribution in [0.25, 0.3) is 0 Å². The molecule has 1 aromatic carbocycles. The van der Waals surface area contributed by atoms with E-state index < -0.39 is 0 Å². The minimum absolute atomic E-state index is 0.390. The number of nitrogens with zero attached hydrogens (tertiary/aromatic N) is 2. The lowest BCUT2D eigenvalue weighted by molar-refractivity contribution is 0.295. The molecule has 0 saturated carbocycles. The van der Waals surface area contributed by atoms with Gasteiger partial charge in [0.15, 0.2) is 5.15 Å². The summed E-state index contributed by atoms with van der Waals surface area (Å²) in [7, 11) is 0. The van der Waals surface area contributed by atoms with Crippen molar-refractivity contribution in [1.29, 1.82) is 0 Å². The highest BCUT2D eigenvalue weighted by Crippen LogP contribution is 2.23. The molecule has 0 spiro atoms. The van der Waals surface area contributed by atoms with Crippen molar-refractivity contribution in [1.82, 2.24) is 10.2 Å². The molecule has 0 saturated heterocycles. The van der Waals surface area contributed by atoms with Gasteiger partial charge in [-0.25, -0.2) is 0 Å². The second kappa shape index (κ2) is 5.15. The highest BCUT2D eigenvalue weighted by Gasteiger charge is 2.04. The summed E-state index contributed by atoms with van der Waals surface area (Å²) in [6.45, 7) is 4.45. The molecule has 0 bridgehead atoms. The maximum atomic E-state index is 5.75. The summed E-state index contributed by atoms with van der Waals surface area (Å²) in [5.41, 5.74) is 3.00. The Hall–Kier alpha value is -1.61. The van der Waals surface area contributed by atoms with Gasteiger partial charge in [-0.15, -0.1) is 5.10 Å². The number of aryl methyl sites for hydroxylation is 2. The fourth-order valence-corrected chi connectivity index (χ4v) is 1.69. The van der Waals surface area contributed by atoms with Crippen LogP contribution in [0.3, 0.4) is 0 Å². The summed E-state index contributed by atoms with van der Waals surface area (Å²) in [6, 6.07) is 9.58. The smallest absolute Gasteiger partial charge is 0.151 e. The zero-order valence-electron chi connectivity index (χ0n) is 9.77. The number of rotatable bonds is 3. The third-order valence-corrected chi connectivity index (χ3v) is 2.66. The van der Waals surface area contributed by atoms with E-state index in [-0.39, 0.29) is 0 Å². The van der Waals surface area contributed by atoms with E-state index in [0.717, 1.165) is 22.6 Å². The number of aromatic nitrogens is 2. The van der Waals surface area contributed by atoms with Gasteiger partial charge in [-0.05, 0) is 37.1 Å². The topological polar surface area (TPSA) is 35.0 Å². The molecule has 1 aromatic heterocycles. The first-order chi connectivity index (χ1) is 8.16. The van der Waals surface area contributed by atoms with E-state index in [2.05, 4.69) is 10.2 Å². The van der Waals surface area contributed by atoms with Crippen LogP contribution in [0.4, 0.5) is 0 Å². The van der Waals surface area contributed by atoms with Crippen molar-refractivity contribution < 1.29 is 4.74 Å². The molecule has 0 atom stereocenters. The molecule has 0 radical (unpaired) electrons. The Kier molecular flexibility index (Phi) is 3.59. The Morgan fingerprint density at radius 3 is 2.35 bits per heavy atom. The van der Waals surface area contributed by atoms with E-state index in [9.17, 15) is 0 Å². The Morgan fingerprint density at radius 1 is 1.06 bits per heavy atom. The Labute approximate surface area is 105 Å². The van der Waals surface area contributed by atoms with Crippen LogP contribution in [0.1, 0.15) is 16.8 Å². The molecule has 2 aromatic rings. The van der Waals surface area contributed by atoms with Crippen molar-refractivity contribution in [3.8, 4) is 5.75 Å². The average Bonchev–Trinajstić information content (AvgIpc) is 2.31. The van der Waals surface area contributed by atoms with E-state index in [4.69, 9.17) is 16.3 Å². The lowest BCUT2D eigenvalue weighted by Gasteiger charge is -2.11. The molecule has 2 rings (SSSR count). The van der Waals surface area contributed by atoms with Crippen LogP contribution in [0.5, 0.6) is 5.75 Å². The summed E-state index contributed by atoms with van der Waals surface area (Å²) in [6.07, 6.45) is 0. The van der Waals surface area contributed by atoms with Crippen LogP contribution in [-0.4, -0.2) is 10.2 Å². The Bertz CT molecular complexity index is 491. The second-order valence-electron chi connectivity index (χ2n) is 3.86. The molecular weight excluding hydrogens is 236 g/mol. The first-order valence-corrected chi connectivity index (χ1v) is 5.72. The normalized spacial score (nSPS) is 10.3. The van der Waals surface area contributed by atoms with E-state index in [0.29, 0.717) is 11.8 Å². The van der Waals surface area contributed by atoms with Gasteiger partial charge in [-0.2, -0.15) is 5.10 Å². The molecule has 0 fully saturated rings. The van der Waals surface area contributed by atoms with Gasteiger partial charge in [0.25, 0.3) is 0 Å². The molecular formula is C13H13ClN2O. The lowest BCUT2D eigenvalue weighted by Crippen LogP contribution is -2.01. The molecule has 1 heterocycles. The van der Waals surface area contributed by atoms with Crippen LogP contribution >= 0.6 is 11.6 Å². The standard InChI is InChI=1S/C13H13ClN2O/c1-9-4-3-5-10(2)13(9)17-8-11-6-7-12(14)16-15-11/h3-7H,8H2,1-2H3. The fraction of sp³-hybridized carbons (Fsp3) is 0.231. The van der Waals surface area contributed by atoms with E-state index in [1.54, 1.807) is 6.07 Å². The number of hydrogen-bond donors (Lipinski definition) is 0. The summed E-state index contributed by atoms with van der Waals surface area (Å²) in [4.78, 5) is 0. The molecule has 0 unspecified atom stereocenters. The predicted octanol–water partition coefficient (Wildman–Crippen LogP) is 3.33. The quantitative estimate of drug-likeness (QED) is 0.836. The molecule has 17 heavy (non-hydrogen) atoms. The van der Waals surface area contributed by atoms with Gasteiger partial charge < -0.3 is 4.74 Å². The molecule has 0 amide bonds. The summed E-state index contributed by atoms with van der Waals surface area (Å²) in [5.74, 6) is 0.907. The highest BCUT2D eigenvalue weighted by atomic mass is 35.5. The van der Waals surface area contributed by atoms with Crippen molar-refractivity contribution in [2.24, 2.45) is 0 Å². The Morgan fingerprint density at radius 2 is 1.76 bits per heavy atom. The number of hydrogen-bond acceptors (Lipinski definition) is 3. The zero-order chi connectivity index (χ0) is 12.3.